The molecular formula is C26H32Cl2NOPTi. The van der Waals surface area contributed by atoms with E-state index in [-0.39, 0.29) is 5.41 Å². The van der Waals surface area contributed by atoms with Gasteiger partial charge in [-0.1, -0.05) is 77.9 Å². The molecule has 1 N–H and O–H groups in total. The van der Waals surface area contributed by atoms with Crippen molar-refractivity contribution >= 4 is 43.5 Å². The zero-order chi connectivity index (χ0) is 23.9. The van der Waals surface area contributed by atoms with Crippen molar-refractivity contribution in [3.8, 4) is 5.75 Å². The summed E-state index contributed by atoms with van der Waals surface area (Å²) in [6.07, 6.45) is 0. The van der Waals surface area contributed by atoms with Crippen LogP contribution in [0.1, 0.15) is 43.0 Å². The molecule has 0 saturated heterocycles. The molecule has 0 aromatic heterocycles. The molecular weight excluding hydrogens is 492 g/mol. The van der Waals surface area contributed by atoms with Gasteiger partial charge in [0, 0.05) is 29.9 Å². The summed E-state index contributed by atoms with van der Waals surface area (Å²) in [6.45, 7) is 11.7. The Labute approximate surface area is 211 Å². The van der Waals surface area contributed by atoms with E-state index in [0.717, 1.165) is 17.4 Å². The average Bonchev–Trinajstić information content (AvgIpc) is 2.73. The second-order valence-electron chi connectivity index (χ2n) is 8.95. The van der Waals surface area contributed by atoms with Gasteiger partial charge in [-0.05, 0) is 53.6 Å². The number of nitrogens with zero attached hydrogens (tertiary/aromatic N) is 1. The molecule has 0 fully saturated rings. The molecule has 3 aromatic carbocycles. The van der Waals surface area contributed by atoms with E-state index in [1.807, 2.05) is 6.92 Å². The Kier molecular flexibility index (Phi) is 10.6. The third-order valence-corrected chi connectivity index (χ3v) is 6.90. The molecule has 170 valence electrons. The molecule has 0 aliphatic rings. The number of hydrogen-bond acceptors (Lipinski definition) is 2. The number of aryl methyl sites for hydroxylation is 2. The van der Waals surface area contributed by atoms with Crippen LogP contribution < -0.4 is 15.5 Å². The number of benzene rings is 3. The summed E-state index contributed by atoms with van der Waals surface area (Å²) in [5, 5.41) is 13.1. The predicted octanol–water partition coefficient (Wildman–Crippen LogP) is 6.95. The second-order valence-corrected chi connectivity index (χ2v) is 12.8. The van der Waals surface area contributed by atoms with Gasteiger partial charge >= 0.3 is 35.6 Å². The molecule has 1 unspecified atom stereocenters. The molecule has 0 aliphatic heterocycles. The minimum atomic E-state index is -0.556. The summed E-state index contributed by atoms with van der Waals surface area (Å²) in [5.74, 6) is 0.427. The van der Waals surface area contributed by atoms with Crippen LogP contribution in [0.4, 0.5) is 5.69 Å². The van der Waals surface area contributed by atoms with Gasteiger partial charge in [-0.15, -0.1) is 0 Å². The standard InChI is InChI=1S/C26H32NOP.2ClH.Ti/c1-18-11-10-14-22(27(6)17-20-12-8-7-9-13-20)25(18)29-23-16-21(26(3,4)5)15-19(2)24(23)28;;;/h7-16,28-29H,17H2,1-6H3;2*1H;/q;;;+2/p-2. The van der Waals surface area contributed by atoms with Crippen LogP contribution in [0.25, 0.3) is 0 Å². The molecule has 0 radical (unpaired) electrons. The van der Waals surface area contributed by atoms with Gasteiger partial charge in [0.1, 0.15) is 5.75 Å². The Hall–Kier alpha value is -1.02. The van der Waals surface area contributed by atoms with Crippen molar-refractivity contribution in [2.45, 2.75) is 46.6 Å². The number of halogens is 2. The van der Waals surface area contributed by atoms with Gasteiger partial charge in [-0.3, -0.25) is 0 Å². The number of aromatic hydroxyl groups is 1. The van der Waals surface area contributed by atoms with Gasteiger partial charge in [0.25, 0.3) is 0 Å². The number of phenolic OH excluding ortho intramolecular Hbond substituents is 1. The molecule has 32 heavy (non-hydrogen) atoms. The first-order chi connectivity index (χ1) is 15.1. The van der Waals surface area contributed by atoms with E-state index >= 15 is 0 Å². The van der Waals surface area contributed by atoms with Crippen molar-refractivity contribution in [2.75, 3.05) is 11.9 Å². The first-order valence-corrected chi connectivity index (χ1v) is 15.8. The molecule has 0 heterocycles. The van der Waals surface area contributed by atoms with Gasteiger partial charge in [0.2, 0.25) is 0 Å². The summed E-state index contributed by atoms with van der Waals surface area (Å²) in [6, 6.07) is 21.3. The van der Waals surface area contributed by atoms with Crippen LogP contribution in [0.5, 0.6) is 5.75 Å². The molecule has 6 heteroatoms. The van der Waals surface area contributed by atoms with E-state index in [0.29, 0.717) is 14.3 Å². The fourth-order valence-corrected chi connectivity index (χ4v) is 5.01. The van der Waals surface area contributed by atoms with Crippen LogP contribution in [0, 0.1) is 13.8 Å². The Balaban J connectivity index is 0.00000114. The zero-order valence-corrected chi connectivity index (χ0v) is 23.7. The van der Waals surface area contributed by atoms with Gasteiger partial charge < -0.3 is 10.0 Å². The van der Waals surface area contributed by atoms with E-state index in [1.54, 1.807) is 0 Å². The summed E-state index contributed by atoms with van der Waals surface area (Å²) in [5.41, 5.74) is 6.05. The SMILES string of the molecule is Cc1cc(C(C)(C)C)cc(Pc2c(C)cccc2N(C)Cc2ccccc2)c1O.[Cl][Ti][Cl]. The van der Waals surface area contributed by atoms with Crippen LogP contribution in [0.2, 0.25) is 0 Å². The van der Waals surface area contributed by atoms with Crippen LogP contribution in [-0.2, 0) is 29.0 Å². The Bertz CT molecular complexity index is 1020. The molecule has 0 spiro atoms. The third kappa shape index (κ3) is 7.51. The Morgan fingerprint density at radius 2 is 1.56 bits per heavy atom. The van der Waals surface area contributed by atoms with Gasteiger partial charge in [0.05, 0.1) is 0 Å². The molecule has 0 aliphatic carbocycles. The fourth-order valence-electron chi connectivity index (χ4n) is 3.52. The monoisotopic (exact) mass is 523 g/mol. The zero-order valence-electron chi connectivity index (χ0n) is 19.6. The fraction of sp³-hybridized carbons (Fsp3) is 0.308. The first-order valence-electron chi connectivity index (χ1n) is 10.5. The van der Waals surface area contributed by atoms with Crippen LogP contribution >= 0.6 is 27.2 Å². The number of anilines is 1. The quantitative estimate of drug-likeness (QED) is 0.289. The topological polar surface area (TPSA) is 23.5 Å². The van der Waals surface area contributed by atoms with Crippen molar-refractivity contribution in [3.63, 3.8) is 0 Å². The number of rotatable bonds is 5. The summed E-state index contributed by atoms with van der Waals surface area (Å²) in [7, 11) is 12.3. The maximum atomic E-state index is 10.8. The molecule has 0 saturated carbocycles. The van der Waals surface area contributed by atoms with Crippen LogP contribution in [-0.4, -0.2) is 12.2 Å². The van der Waals surface area contributed by atoms with Crippen molar-refractivity contribution in [1.82, 2.24) is 0 Å². The van der Waals surface area contributed by atoms with Gasteiger partial charge in [-0.25, -0.2) is 0 Å². The second kappa shape index (κ2) is 12.4. The van der Waals surface area contributed by atoms with Crippen molar-refractivity contribution in [2.24, 2.45) is 0 Å². The van der Waals surface area contributed by atoms with Crippen molar-refractivity contribution in [3.05, 3.63) is 82.9 Å². The maximum absolute atomic E-state index is 10.8. The first kappa shape index (κ1) is 27.2. The third-order valence-electron chi connectivity index (χ3n) is 5.35. The molecule has 1 atom stereocenters. The molecule has 3 rings (SSSR count). The summed E-state index contributed by atoms with van der Waals surface area (Å²) >= 11 is -0.556. The Morgan fingerprint density at radius 3 is 2.16 bits per heavy atom. The normalized spacial score (nSPS) is 11.2. The van der Waals surface area contributed by atoms with Crippen molar-refractivity contribution in [1.29, 1.82) is 0 Å². The van der Waals surface area contributed by atoms with E-state index in [4.69, 9.17) is 18.6 Å². The van der Waals surface area contributed by atoms with Crippen LogP contribution in [0.3, 0.4) is 0 Å². The molecule has 3 aromatic rings. The summed E-state index contributed by atoms with van der Waals surface area (Å²) in [4.78, 5) is 2.31. The van der Waals surface area contributed by atoms with E-state index in [2.05, 4.69) is 100 Å². The van der Waals surface area contributed by atoms with Gasteiger partial charge in [-0.2, -0.15) is 0 Å². The van der Waals surface area contributed by atoms with Crippen LogP contribution in [0.15, 0.2) is 60.7 Å². The minimum absolute atomic E-state index is 0.0519. The molecule has 0 bridgehead atoms. The van der Waals surface area contributed by atoms with E-state index < -0.39 is 17.0 Å². The van der Waals surface area contributed by atoms with Crippen molar-refractivity contribution < 1.29 is 22.1 Å². The average molecular weight is 524 g/mol. The van der Waals surface area contributed by atoms with E-state index in [9.17, 15) is 5.11 Å². The van der Waals surface area contributed by atoms with Gasteiger partial charge in [0.15, 0.2) is 0 Å². The molecule has 0 amide bonds. The predicted molar refractivity (Wildman–Crippen MR) is 141 cm³/mol. The van der Waals surface area contributed by atoms with E-state index in [1.165, 1.54) is 27.7 Å². The number of hydrogen-bond donors (Lipinski definition) is 1. The Morgan fingerprint density at radius 1 is 0.938 bits per heavy atom. The molecule has 2 nitrogen and oxygen atoms in total. The summed E-state index contributed by atoms with van der Waals surface area (Å²) < 4.78 is 0. The number of phenols is 1.